The Morgan fingerprint density at radius 2 is 2.00 bits per heavy atom. The number of allylic oxidation sites excluding steroid dienone is 1. The minimum Gasteiger partial charge on any atom is -0.390 e. The maximum Gasteiger partial charge on any atom is 0.137 e. The molecule has 126 valence electrons. The van der Waals surface area contributed by atoms with Crippen LogP contribution in [0.15, 0.2) is 42.7 Å². The smallest absolute Gasteiger partial charge is 0.137 e. The summed E-state index contributed by atoms with van der Waals surface area (Å²) >= 11 is 0. The number of ether oxygens (including phenoxy) is 1. The van der Waals surface area contributed by atoms with Crippen LogP contribution in [0.5, 0.6) is 0 Å². The van der Waals surface area contributed by atoms with Gasteiger partial charge in [0.25, 0.3) is 0 Å². The van der Waals surface area contributed by atoms with Gasteiger partial charge in [-0.25, -0.2) is 14.4 Å². The van der Waals surface area contributed by atoms with E-state index in [2.05, 4.69) is 9.97 Å². The van der Waals surface area contributed by atoms with Crippen molar-refractivity contribution in [3.8, 4) is 0 Å². The highest BCUT2D eigenvalue weighted by Gasteiger charge is 2.31. The van der Waals surface area contributed by atoms with E-state index in [9.17, 15) is 9.50 Å². The van der Waals surface area contributed by atoms with E-state index >= 15 is 0 Å². The van der Waals surface area contributed by atoms with Gasteiger partial charge in [0.1, 0.15) is 18.0 Å². The summed E-state index contributed by atoms with van der Waals surface area (Å²) in [4.78, 5) is 7.57. The number of nitrogens with two attached hydrogens (primary N) is 1. The first-order chi connectivity index (χ1) is 11.6. The number of nitrogens with zero attached hydrogens (tertiary/aromatic N) is 2. The molecule has 5 nitrogen and oxygen atoms in total. The SMILES string of the molecule is C[C@@H]1O[C@@H](c2ccccc2)C[C@H]1O.Nc1ncnc2c1C(F)=CC2. The molecule has 1 aromatic heterocycles. The molecule has 6 heteroatoms. The molecule has 0 unspecified atom stereocenters. The summed E-state index contributed by atoms with van der Waals surface area (Å²) in [6.07, 6.45) is 3.76. The Kier molecular flexibility index (Phi) is 4.87. The maximum atomic E-state index is 12.9. The molecule has 0 saturated carbocycles. The second-order valence-corrected chi connectivity index (χ2v) is 5.88. The monoisotopic (exact) mass is 329 g/mol. The number of hydrogen-bond donors (Lipinski definition) is 2. The zero-order chi connectivity index (χ0) is 17.1. The predicted molar refractivity (Wildman–Crippen MR) is 89.6 cm³/mol. The molecule has 0 spiro atoms. The normalized spacial score (nSPS) is 24.8. The molecular formula is C18H20FN3O2. The van der Waals surface area contributed by atoms with Crippen molar-refractivity contribution in [1.29, 1.82) is 0 Å². The van der Waals surface area contributed by atoms with E-state index in [0.717, 1.165) is 5.56 Å². The molecule has 0 bridgehead atoms. The molecule has 2 aromatic rings. The molecule has 1 aliphatic carbocycles. The Bertz CT molecular complexity index is 726. The second-order valence-electron chi connectivity index (χ2n) is 5.88. The molecule has 1 fully saturated rings. The molecular weight excluding hydrogens is 309 g/mol. The molecule has 0 amide bonds. The average Bonchev–Trinajstić information content (AvgIpc) is 3.13. The van der Waals surface area contributed by atoms with Crippen LogP contribution in [-0.2, 0) is 11.2 Å². The highest BCUT2D eigenvalue weighted by atomic mass is 19.1. The van der Waals surface area contributed by atoms with Crippen LogP contribution in [0.4, 0.5) is 10.2 Å². The van der Waals surface area contributed by atoms with Gasteiger partial charge in [-0.2, -0.15) is 0 Å². The van der Waals surface area contributed by atoms with Crippen LogP contribution in [0, 0.1) is 0 Å². The van der Waals surface area contributed by atoms with Crippen molar-refractivity contribution in [2.75, 3.05) is 5.73 Å². The molecule has 0 radical (unpaired) electrons. The number of nitrogen functional groups attached to an aromatic ring is 1. The topological polar surface area (TPSA) is 81.3 Å². The molecule has 1 aliphatic heterocycles. The molecule has 4 rings (SSSR count). The third kappa shape index (κ3) is 3.44. The summed E-state index contributed by atoms with van der Waals surface area (Å²) in [5.41, 5.74) is 7.63. The number of aliphatic hydroxyl groups is 1. The van der Waals surface area contributed by atoms with E-state index in [4.69, 9.17) is 10.5 Å². The van der Waals surface area contributed by atoms with Crippen LogP contribution in [0.2, 0.25) is 0 Å². The van der Waals surface area contributed by atoms with E-state index in [-0.39, 0.29) is 30.0 Å². The van der Waals surface area contributed by atoms with Crippen LogP contribution >= 0.6 is 0 Å². The lowest BCUT2D eigenvalue weighted by Gasteiger charge is -2.10. The van der Waals surface area contributed by atoms with Gasteiger partial charge in [0.2, 0.25) is 0 Å². The average molecular weight is 329 g/mol. The van der Waals surface area contributed by atoms with Crippen molar-refractivity contribution in [1.82, 2.24) is 9.97 Å². The van der Waals surface area contributed by atoms with Crippen LogP contribution < -0.4 is 5.73 Å². The third-order valence-electron chi connectivity index (χ3n) is 4.22. The van der Waals surface area contributed by atoms with Crippen molar-refractivity contribution in [3.05, 3.63) is 59.6 Å². The summed E-state index contributed by atoms with van der Waals surface area (Å²) in [6.45, 7) is 1.91. The van der Waals surface area contributed by atoms with Gasteiger partial charge in [-0.05, 0) is 18.6 Å². The fourth-order valence-corrected chi connectivity index (χ4v) is 2.84. The zero-order valence-corrected chi connectivity index (χ0v) is 13.4. The summed E-state index contributed by atoms with van der Waals surface area (Å²) in [5.74, 6) is -0.0839. The minimum absolute atomic E-state index is 0.0368. The fourth-order valence-electron chi connectivity index (χ4n) is 2.84. The molecule has 2 heterocycles. The number of aliphatic hydroxyl groups excluding tert-OH is 1. The van der Waals surface area contributed by atoms with Crippen LogP contribution in [0.25, 0.3) is 5.83 Å². The number of fused-ring (bicyclic) bond motifs is 1. The molecule has 1 aromatic carbocycles. The molecule has 24 heavy (non-hydrogen) atoms. The summed E-state index contributed by atoms with van der Waals surface area (Å²) in [5, 5.41) is 9.50. The first-order valence-electron chi connectivity index (χ1n) is 7.90. The van der Waals surface area contributed by atoms with Crippen molar-refractivity contribution in [2.45, 2.75) is 38.1 Å². The number of benzene rings is 1. The van der Waals surface area contributed by atoms with Crippen molar-refractivity contribution < 1.29 is 14.2 Å². The van der Waals surface area contributed by atoms with E-state index < -0.39 is 0 Å². The largest absolute Gasteiger partial charge is 0.390 e. The highest BCUT2D eigenvalue weighted by molar-refractivity contribution is 5.73. The van der Waals surface area contributed by atoms with E-state index in [1.807, 2.05) is 37.3 Å². The molecule has 3 atom stereocenters. The standard InChI is InChI=1S/C11H14O2.C7H6FN3/c1-8-10(12)7-11(13-8)9-5-3-2-4-6-9;8-4-1-2-5-6(4)7(9)11-3-10-5/h2-6,8,10-12H,7H2,1H3;1,3H,2H2,(H2,9,10,11)/t8-,10+,11+;/m0./s1. The Hall–Kier alpha value is -2.31. The van der Waals surface area contributed by atoms with Crippen LogP contribution in [-0.4, -0.2) is 27.3 Å². The lowest BCUT2D eigenvalue weighted by atomic mass is 10.1. The number of hydrogen-bond acceptors (Lipinski definition) is 5. The number of aromatic nitrogens is 2. The lowest BCUT2D eigenvalue weighted by molar-refractivity contribution is 0.0217. The predicted octanol–water partition coefficient (Wildman–Crippen LogP) is 2.82. The van der Waals surface area contributed by atoms with Crippen LogP contribution in [0.1, 0.15) is 36.3 Å². The second kappa shape index (κ2) is 7.07. The fraction of sp³-hybridized carbons (Fsp3) is 0.333. The number of anilines is 1. The van der Waals surface area contributed by atoms with Crippen molar-refractivity contribution in [2.24, 2.45) is 0 Å². The van der Waals surface area contributed by atoms with Gasteiger partial charge in [0, 0.05) is 12.8 Å². The first-order valence-corrected chi connectivity index (χ1v) is 7.90. The van der Waals surface area contributed by atoms with Gasteiger partial charge in [0.15, 0.2) is 0 Å². The van der Waals surface area contributed by atoms with Gasteiger partial charge < -0.3 is 15.6 Å². The Labute approximate surface area is 140 Å². The van der Waals surface area contributed by atoms with Gasteiger partial charge >= 0.3 is 0 Å². The van der Waals surface area contributed by atoms with E-state index in [1.165, 1.54) is 12.4 Å². The van der Waals surface area contributed by atoms with Gasteiger partial charge in [-0.3, -0.25) is 0 Å². The minimum atomic E-state index is -0.315. The van der Waals surface area contributed by atoms with Crippen LogP contribution in [0.3, 0.4) is 0 Å². The third-order valence-corrected chi connectivity index (χ3v) is 4.22. The molecule has 2 aliphatic rings. The Balaban J connectivity index is 0.000000143. The highest BCUT2D eigenvalue weighted by Crippen LogP contribution is 2.32. The van der Waals surface area contributed by atoms with Gasteiger partial charge in [-0.15, -0.1) is 0 Å². The number of rotatable bonds is 1. The van der Waals surface area contributed by atoms with Crippen molar-refractivity contribution in [3.63, 3.8) is 0 Å². The van der Waals surface area contributed by atoms with Crippen molar-refractivity contribution >= 4 is 11.6 Å². The summed E-state index contributed by atoms with van der Waals surface area (Å²) in [6, 6.07) is 10.0. The zero-order valence-electron chi connectivity index (χ0n) is 13.4. The lowest BCUT2D eigenvalue weighted by Crippen LogP contribution is -2.15. The molecule has 1 saturated heterocycles. The Morgan fingerprint density at radius 3 is 2.62 bits per heavy atom. The molecule has 3 N–H and O–H groups in total. The first kappa shape index (κ1) is 16.5. The number of halogens is 1. The quantitative estimate of drug-likeness (QED) is 0.841. The maximum absolute atomic E-state index is 12.9. The Morgan fingerprint density at radius 1 is 1.25 bits per heavy atom. The summed E-state index contributed by atoms with van der Waals surface area (Å²) in [7, 11) is 0. The van der Waals surface area contributed by atoms with Gasteiger partial charge in [-0.1, -0.05) is 30.3 Å². The van der Waals surface area contributed by atoms with E-state index in [0.29, 0.717) is 24.1 Å². The van der Waals surface area contributed by atoms with Gasteiger partial charge in [0.05, 0.1) is 29.6 Å². The summed E-state index contributed by atoms with van der Waals surface area (Å²) < 4.78 is 18.5. The van der Waals surface area contributed by atoms with E-state index in [1.54, 1.807) is 0 Å².